The van der Waals surface area contributed by atoms with Crippen molar-refractivity contribution in [2.75, 3.05) is 34.5 Å². The summed E-state index contributed by atoms with van der Waals surface area (Å²) in [5.41, 5.74) is 5.74. The predicted molar refractivity (Wildman–Crippen MR) is 471 cm³/mol. The number of thiophene rings is 2. The molecule has 2 aromatic heterocycles. The fraction of sp³-hybridized carbons (Fsp3) is 0.541. The maximum Gasteiger partial charge on any atom is 0.0856 e. The van der Waals surface area contributed by atoms with Gasteiger partial charge < -0.3 is 0 Å². The van der Waals surface area contributed by atoms with Gasteiger partial charge in [-0.05, 0) is 181 Å². The minimum absolute atomic E-state index is 1.03. The highest BCUT2D eigenvalue weighted by Crippen LogP contribution is 2.66. The fourth-order valence-electron chi connectivity index (χ4n) is 9.14. The van der Waals surface area contributed by atoms with Crippen molar-refractivity contribution in [1.29, 1.82) is 0 Å². The lowest BCUT2D eigenvalue weighted by Crippen LogP contribution is -1.95. The molecule has 0 bridgehead atoms. The van der Waals surface area contributed by atoms with Gasteiger partial charge in [-0.15, -0.1) is 93.2 Å². The molecule has 0 saturated carbocycles. The zero-order valence-corrected chi connectivity index (χ0v) is 72.9. The Balaban J connectivity index is 1.14. The van der Waals surface area contributed by atoms with E-state index >= 15 is 0 Å². The second-order valence-corrected chi connectivity index (χ2v) is 46.2. The van der Waals surface area contributed by atoms with Crippen molar-refractivity contribution in [1.82, 2.24) is 0 Å². The third-order valence-electron chi connectivity index (χ3n) is 14.6. The Bertz CT molecular complexity index is 3200. The third kappa shape index (κ3) is 25.4. The highest BCUT2D eigenvalue weighted by atomic mass is 32.3. The monoisotopic (exact) mass is 1620 g/mol. The molecule has 20 heteroatoms. The van der Waals surface area contributed by atoms with Crippen molar-refractivity contribution in [2.24, 2.45) is 0 Å². The van der Waals surface area contributed by atoms with E-state index in [4.69, 9.17) is 0 Å². The summed E-state index contributed by atoms with van der Waals surface area (Å²) in [6.07, 6.45) is 28.3. The first-order valence-electron chi connectivity index (χ1n) is 34.0. The van der Waals surface area contributed by atoms with Crippen molar-refractivity contribution >= 4 is 234 Å². The molecule has 0 amide bonds. The Morgan fingerprint density at radius 3 is 0.745 bits per heavy atom. The van der Waals surface area contributed by atoms with Crippen molar-refractivity contribution in [3.63, 3.8) is 0 Å². The van der Waals surface area contributed by atoms with Gasteiger partial charge in [-0.1, -0.05) is 298 Å². The molecule has 0 saturated heterocycles. The Morgan fingerprint density at radius 2 is 0.489 bits per heavy atom. The van der Waals surface area contributed by atoms with Crippen LogP contribution in [-0.2, 0) is 25.7 Å². The second-order valence-electron chi connectivity index (χ2n) is 22.4. The van der Waals surface area contributed by atoms with Crippen LogP contribution in [0.15, 0.2) is 81.3 Å². The van der Waals surface area contributed by atoms with Crippen LogP contribution in [0.4, 0.5) is 0 Å². The van der Waals surface area contributed by atoms with Crippen molar-refractivity contribution < 1.29 is 0 Å². The lowest BCUT2D eigenvalue weighted by atomic mass is 9.98. The molecule has 94 heavy (non-hydrogen) atoms. The standard InChI is InChI=1S/C74H92S20/c1-11-21-31-53-55(33-23-13-3)59(85-57(53)37-35-51-49-81-69(83-51)71-89-63(75-43-25-15-5)64(90-71)76-44-26-16-6)39-41-61-62(88-73(87-61)74-93-67(79-47-29-19-9)68(94-74)80-48-30-20-10)42-40-60-56(34-24-14-4)54(32-22-12-2)58(86-60)38-36-52-50-82-70(84-52)72-91-65(77-45-27-17-7)66(92-72)78-46-28-18-8/h49-50H,11-34,43-48H2,1-10H3. The maximum absolute atomic E-state index is 3.91. The highest BCUT2D eigenvalue weighted by Gasteiger charge is 2.32. The van der Waals surface area contributed by atoms with Crippen LogP contribution in [0, 0.1) is 47.4 Å². The van der Waals surface area contributed by atoms with Crippen LogP contribution in [0.25, 0.3) is 0 Å². The molecule has 6 aliphatic rings. The van der Waals surface area contributed by atoms with Crippen LogP contribution in [0.1, 0.15) is 239 Å². The van der Waals surface area contributed by atoms with Crippen molar-refractivity contribution in [3.05, 3.63) is 123 Å². The van der Waals surface area contributed by atoms with Gasteiger partial charge >= 0.3 is 0 Å². The SMILES string of the molecule is CCCCSC1=C(SCCCC)SC(=C2SC=C(C#Cc3sc(C#CC4=C(C#Cc5sc(C#CC6=CSC(=C7SC(SCCCC)=C(SCCCC)S7)S6)c(CCCC)c5CCCC)SC(=C5SC(SCCCC)=C(SCCCC)S5)S4)c(CCCC)c3CCCC)S2)S1. The van der Waals surface area contributed by atoms with E-state index in [2.05, 4.69) is 198 Å². The number of unbranched alkanes of at least 4 members (excludes halogenated alkanes) is 10. The summed E-state index contributed by atoms with van der Waals surface area (Å²) < 4.78 is 17.4. The van der Waals surface area contributed by atoms with Gasteiger partial charge in [-0.2, -0.15) is 0 Å². The van der Waals surface area contributed by atoms with Crippen LogP contribution < -0.4 is 0 Å². The summed E-state index contributed by atoms with van der Waals surface area (Å²) in [4.78, 5) is 9.29. The molecule has 6 aliphatic heterocycles. The minimum atomic E-state index is 1.03. The van der Waals surface area contributed by atoms with Gasteiger partial charge in [-0.25, -0.2) is 0 Å². The molecule has 8 heterocycles. The molecule has 0 aliphatic carbocycles. The van der Waals surface area contributed by atoms with Gasteiger partial charge in [0.15, 0.2) is 0 Å². The van der Waals surface area contributed by atoms with Gasteiger partial charge in [0, 0.05) is 0 Å². The van der Waals surface area contributed by atoms with Crippen LogP contribution in [0.5, 0.6) is 0 Å². The van der Waals surface area contributed by atoms with Crippen molar-refractivity contribution in [2.45, 2.75) is 223 Å². The number of rotatable bonds is 36. The number of thioether (sulfide) groups is 18. The first kappa shape index (κ1) is 81.3. The lowest BCUT2D eigenvalue weighted by Gasteiger charge is -2.05. The van der Waals surface area contributed by atoms with Gasteiger partial charge in [-0.3, -0.25) is 0 Å². The summed E-state index contributed by atoms with van der Waals surface area (Å²) in [7, 11) is 0. The Morgan fingerprint density at radius 1 is 0.255 bits per heavy atom. The van der Waals surface area contributed by atoms with Gasteiger partial charge in [0.1, 0.15) is 0 Å². The molecule has 0 nitrogen and oxygen atoms in total. The zero-order chi connectivity index (χ0) is 66.3. The van der Waals surface area contributed by atoms with Crippen molar-refractivity contribution in [3.8, 4) is 47.4 Å². The normalized spacial score (nSPS) is 16.5. The average molecular weight is 1620 g/mol. The maximum atomic E-state index is 3.91. The largest absolute Gasteiger partial charge is 0.117 e. The molecule has 508 valence electrons. The molecule has 0 unspecified atom stereocenters. The predicted octanol–water partition coefficient (Wildman–Crippen LogP) is 31.0. The molecule has 0 atom stereocenters. The molecule has 0 radical (unpaired) electrons. The van der Waals surface area contributed by atoms with E-state index in [1.807, 2.05) is 164 Å². The Labute approximate surface area is 654 Å². The lowest BCUT2D eigenvalue weighted by molar-refractivity contribution is 0.760. The molecule has 0 fully saturated rings. The smallest absolute Gasteiger partial charge is 0.0856 e. The number of allylic oxidation sites excluding steroid dienone is 4. The third-order valence-corrected chi connectivity index (χ3v) is 42.4. The second kappa shape index (κ2) is 46.4. The van der Waals surface area contributed by atoms with Crippen LogP contribution >= 0.6 is 234 Å². The summed E-state index contributed by atoms with van der Waals surface area (Å²) in [6, 6.07) is 0. The van der Waals surface area contributed by atoms with Crippen LogP contribution in [0.3, 0.4) is 0 Å². The van der Waals surface area contributed by atoms with E-state index in [9.17, 15) is 0 Å². The first-order chi connectivity index (χ1) is 46.2. The van der Waals surface area contributed by atoms with E-state index < -0.39 is 0 Å². The van der Waals surface area contributed by atoms with E-state index in [0.29, 0.717) is 0 Å². The fourth-order valence-corrected chi connectivity index (χ4v) is 37.2. The molecular formula is C74H92S20. The Hall–Kier alpha value is 1.60. The summed E-state index contributed by atoms with van der Waals surface area (Å²) in [5.74, 6) is 37.9. The van der Waals surface area contributed by atoms with E-state index in [1.165, 1.54) is 204 Å². The molecular weight excluding hydrogens is 1530 g/mol. The van der Waals surface area contributed by atoms with Gasteiger partial charge in [0.2, 0.25) is 0 Å². The number of hydrogen-bond acceptors (Lipinski definition) is 20. The van der Waals surface area contributed by atoms with E-state index in [-0.39, 0.29) is 0 Å². The molecule has 0 spiro atoms. The minimum Gasteiger partial charge on any atom is -0.117 e. The highest BCUT2D eigenvalue weighted by molar-refractivity contribution is 8.44. The van der Waals surface area contributed by atoms with Crippen LogP contribution in [-0.4, -0.2) is 34.5 Å². The van der Waals surface area contributed by atoms with Gasteiger partial charge in [0.25, 0.3) is 0 Å². The molecule has 0 N–H and O–H groups in total. The number of hydrogen-bond donors (Lipinski definition) is 0. The first-order valence-corrected chi connectivity index (χ1v) is 51.5. The summed E-state index contributed by atoms with van der Waals surface area (Å²) >= 11 is 39.4. The van der Waals surface area contributed by atoms with Crippen LogP contribution in [0.2, 0.25) is 0 Å². The Kier molecular flexibility index (Phi) is 40.1. The summed E-state index contributed by atoms with van der Waals surface area (Å²) in [6.45, 7) is 23.1. The topological polar surface area (TPSA) is 0 Å². The van der Waals surface area contributed by atoms with E-state index in [1.54, 1.807) is 0 Å². The average Bonchev–Trinajstić information content (AvgIpc) is 1.69. The van der Waals surface area contributed by atoms with Gasteiger partial charge in [0.05, 0.1) is 90.0 Å². The summed E-state index contributed by atoms with van der Waals surface area (Å²) in [5, 5.41) is 4.61. The molecule has 0 aromatic carbocycles. The molecule has 2 aromatic rings. The molecule has 8 rings (SSSR count). The zero-order valence-electron chi connectivity index (χ0n) is 56.5. The van der Waals surface area contributed by atoms with E-state index in [0.717, 1.165) is 96.7 Å². The quantitative estimate of drug-likeness (QED) is 0.0469.